The number of hydrogen-bond donors (Lipinski definition) is 1. The number of benzene rings is 1. The van der Waals surface area contributed by atoms with E-state index in [1.165, 1.54) is 5.41 Å². The lowest BCUT2D eigenvalue weighted by molar-refractivity contribution is 0.344. The topological polar surface area (TPSA) is 49.4 Å². The predicted molar refractivity (Wildman–Crippen MR) is 82.6 cm³/mol. The minimum absolute atomic E-state index is 0.000346. The van der Waals surface area contributed by atoms with Crippen molar-refractivity contribution in [2.24, 2.45) is 5.92 Å². The van der Waals surface area contributed by atoms with Crippen LogP contribution in [0.25, 0.3) is 6.08 Å². The smallest absolute Gasteiger partial charge is 0.234 e. The molecule has 0 unspecified atom stereocenters. The van der Waals surface area contributed by atoms with Crippen molar-refractivity contribution in [2.75, 3.05) is 19.6 Å². The van der Waals surface area contributed by atoms with Crippen LogP contribution in [-0.4, -0.2) is 39.0 Å². The van der Waals surface area contributed by atoms with Gasteiger partial charge in [0.05, 0.1) is 0 Å². The van der Waals surface area contributed by atoms with Gasteiger partial charge < -0.3 is 4.90 Å². The number of nitrogens with one attached hydrogen (secondary N) is 1. The molecule has 0 radical (unpaired) electrons. The molecule has 0 amide bonds. The molecule has 2 atom stereocenters. The lowest BCUT2D eigenvalue weighted by Crippen LogP contribution is -2.38. The van der Waals surface area contributed by atoms with Gasteiger partial charge in [-0.15, -0.1) is 0 Å². The molecule has 110 valence electrons. The first-order chi connectivity index (χ1) is 9.50. The summed E-state index contributed by atoms with van der Waals surface area (Å²) in [6, 6.07) is 9.44. The summed E-state index contributed by atoms with van der Waals surface area (Å²) in [6.07, 6.45) is 1.62. The van der Waals surface area contributed by atoms with Gasteiger partial charge in [0.25, 0.3) is 0 Å². The van der Waals surface area contributed by atoms with E-state index in [-0.39, 0.29) is 6.04 Å². The maximum Gasteiger partial charge on any atom is 0.234 e. The van der Waals surface area contributed by atoms with E-state index in [0.29, 0.717) is 5.92 Å². The minimum atomic E-state index is -3.38. The fourth-order valence-corrected chi connectivity index (χ4v) is 3.61. The van der Waals surface area contributed by atoms with Gasteiger partial charge in [0, 0.05) is 24.5 Å². The van der Waals surface area contributed by atoms with Crippen LogP contribution in [0.15, 0.2) is 35.7 Å². The fraction of sp³-hybridized carbons (Fsp3) is 0.467. The lowest BCUT2D eigenvalue weighted by atomic mass is 10.1. The summed E-state index contributed by atoms with van der Waals surface area (Å²) in [6.45, 7) is 6.88. The highest BCUT2D eigenvalue weighted by atomic mass is 32.2. The summed E-state index contributed by atoms with van der Waals surface area (Å²) in [4.78, 5) is 2.26. The first kappa shape index (κ1) is 15.2. The Morgan fingerprint density at radius 2 is 2.00 bits per heavy atom. The Bertz CT molecular complexity index is 554. The number of rotatable bonds is 5. The van der Waals surface area contributed by atoms with Crippen LogP contribution < -0.4 is 4.72 Å². The first-order valence-corrected chi connectivity index (χ1v) is 8.52. The summed E-state index contributed by atoms with van der Waals surface area (Å²) in [5.41, 5.74) is 0.882. The van der Waals surface area contributed by atoms with Crippen molar-refractivity contribution in [1.29, 1.82) is 0 Å². The van der Waals surface area contributed by atoms with Gasteiger partial charge in [-0.05, 0) is 24.1 Å². The zero-order valence-corrected chi connectivity index (χ0v) is 12.8. The van der Waals surface area contributed by atoms with Crippen molar-refractivity contribution >= 4 is 16.1 Å². The normalized spacial score (nSPS) is 24.5. The first-order valence-electron chi connectivity index (χ1n) is 6.98. The molecule has 1 heterocycles. The monoisotopic (exact) mass is 294 g/mol. The van der Waals surface area contributed by atoms with E-state index < -0.39 is 10.0 Å². The van der Waals surface area contributed by atoms with Gasteiger partial charge in [0.15, 0.2) is 0 Å². The SMILES string of the molecule is CCN1C[C@H](NS(=O)(=O)/C=C\c2ccccc2)[C@@H](C)C1. The molecule has 4 nitrogen and oxygen atoms in total. The molecule has 0 aliphatic carbocycles. The third kappa shape index (κ3) is 4.16. The van der Waals surface area contributed by atoms with Crippen molar-refractivity contribution in [3.05, 3.63) is 41.3 Å². The number of likely N-dealkylation sites (N-methyl/N-ethyl adjacent to an activating group) is 1. The minimum Gasteiger partial charge on any atom is -0.302 e. The van der Waals surface area contributed by atoms with Gasteiger partial charge >= 0.3 is 0 Å². The second kappa shape index (κ2) is 6.52. The second-order valence-electron chi connectivity index (χ2n) is 5.31. The molecule has 1 saturated heterocycles. The van der Waals surface area contributed by atoms with Crippen LogP contribution in [0.5, 0.6) is 0 Å². The highest BCUT2D eigenvalue weighted by molar-refractivity contribution is 7.92. The fourth-order valence-electron chi connectivity index (χ4n) is 2.46. The molecule has 1 N–H and O–H groups in total. The molecular formula is C15H22N2O2S. The summed E-state index contributed by atoms with van der Waals surface area (Å²) >= 11 is 0. The van der Waals surface area contributed by atoms with Crippen LogP contribution in [0.2, 0.25) is 0 Å². The Morgan fingerprint density at radius 3 is 2.60 bits per heavy atom. The molecule has 5 heteroatoms. The van der Waals surface area contributed by atoms with E-state index >= 15 is 0 Å². The lowest BCUT2D eigenvalue weighted by Gasteiger charge is -2.15. The molecule has 1 aliphatic heterocycles. The molecule has 0 bridgehead atoms. The van der Waals surface area contributed by atoms with Crippen LogP contribution >= 0.6 is 0 Å². The molecule has 1 aromatic carbocycles. The summed E-state index contributed by atoms with van der Waals surface area (Å²) in [7, 11) is -3.38. The van der Waals surface area contributed by atoms with Crippen LogP contribution in [0.1, 0.15) is 19.4 Å². The number of nitrogens with zero attached hydrogens (tertiary/aromatic N) is 1. The highest BCUT2D eigenvalue weighted by Gasteiger charge is 2.30. The second-order valence-corrected chi connectivity index (χ2v) is 6.91. The van der Waals surface area contributed by atoms with E-state index in [2.05, 4.69) is 23.5 Å². The van der Waals surface area contributed by atoms with Crippen LogP contribution in [0.4, 0.5) is 0 Å². The number of likely N-dealkylation sites (tertiary alicyclic amines) is 1. The standard InChI is InChI=1S/C15H22N2O2S/c1-3-17-11-13(2)15(12-17)16-20(18,19)10-9-14-7-5-4-6-8-14/h4-10,13,15-16H,3,11-12H2,1-2H3/b10-9-/t13-,15-/m0/s1. The van der Waals surface area contributed by atoms with Crippen LogP contribution in [0.3, 0.4) is 0 Å². The quantitative estimate of drug-likeness (QED) is 0.902. The summed E-state index contributed by atoms with van der Waals surface area (Å²) < 4.78 is 27.0. The molecule has 0 saturated carbocycles. The molecule has 1 aromatic rings. The molecule has 1 fully saturated rings. The van der Waals surface area contributed by atoms with Gasteiger partial charge in [0.1, 0.15) is 0 Å². The molecule has 20 heavy (non-hydrogen) atoms. The van der Waals surface area contributed by atoms with Crippen molar-refractivity contribution < 1.29 is 8.42 Å². The molecule has 0 spiro atoms. The third-order valence-corrected chi connectivity index (χ3v) is 4.82. The number of hydrogen-bond acceptors (Lipinski definition) is 3. The Labute approximate surface area is 121 Å². The van der Waals surface area contributed by atoms with Crippen LogP contribution in [-0.2, 0) is 10.0 Å². The Morgan fingerprint density at radius 1 is 1.30 bits per heavy atom. The Hall–Kier alpha value is -1.17. The largest absolute Gasteiger partial charge is 0.302 e. The van der Waals surface area contributed by atoms with Crippen molar-refractivity contribution in [2.45, 2.75) is 19.9 Å². The summed E-state index contributed by atoms with van der Waals surface area (Å²) in [5, 5.41) is 1.25. The van der Waals surface area contributed by atoms with E-state index in [4.69, 9.17) is 0 Å². The maximum absolute atomic E-state index is 12.1. The van der Waals surface area contributed by atoms with Gasteiger partial charge in [0.2, 0.25) is 10.0 Å². The van der Waals surface area contributed by atoms with Gasteiger partial charge in [-0.25, -0.2) is 13.1 Å². The van der Waals surface area contributed by atoms with Gasteiger partial charge in [-0.1, -0.05) is 44.2 Å². The zero-order valence-electron chi connectivity index (χ0n) is 12.0. The molecule has 2 rings (SSSR count). The molecule has 1 aliphatic rings. The summed E-state index contributed by atoms with van der Waals surface area (Å²) in [5.74, 6) is 0.342. The predicted octanol–water partition coefficient (Wildman–Crippen LogP) is 1.92. The number of sulfonamides is 1. The Balaban J connectivity index is 2.00. The average Bonchev–Trinajstić information content (AvgIpc) is 2.78. The van der Waals surface area contributed by atoms with Gasteiger partial charge in [-0.3, -0.25) is 0 Å². The van der Waals surface area contributed by atoms with Crippen molar-refractivity contribution in [3.8, 4) is 0 Å². The highest BCUT2D eigenvalue weighted by Crippen LogP contribution is 2.17. The molecule has 0 aromatic heterocycles. The van der Waals surface area contributed by atoms with Gasteiger partial charge in [-0.2, -0.15) is 0 Å². The Kier molecular flexibility index (Phi) is 4.96. The van der Waals surface area contributed by atoms with Crippen LogP contribution in [0, 0.1) is 5.92 Å². The maximum atomic E-state index is 12.1. The zero-order chi connectivity index (χ0) is 14.6. The molecular weight excluding hydrogens is 272 g/mol. The average molecular weight is 294 g/mol. The van der Waals surface area contributed by atoms with Crippen molar-refractivity contribution in [1.82, 2.24) is 9.62 Å². The van der Waals surface area contributed by atoms with Crippen molar-refractivity contribution in [3.63, 3.8) is 0 Å². The van der Waals surface area contributed by atoms with E-state index in [9.17, 15) is 8.42 Å². The van der Waals surface area contributed by atoms with E-state index in [1.807, 2.05) is 30.3 Å². The third-order valence-electron chi connectivity index (χ3n) is 3.69. The van der Waals surface area contributed by atoms with E-state index in [0.717, 1.165) is 25.2 Å². The van der Waals surface area contributed by atoms with E-state index in [1.54, 1.807) is 6.08 Å².